The standard InChI is InChI=1S/C16H24FN3/c17-14-5-3-4-13(10-14)16(18)12-19-8-9-20-7-2-1-6-15(20)11-19/h3-5,10,15-16H,1-2,6-9,11-12,18H2. The van der Waals surface area contributed by atoms with E-state index in [-0.39, 0.29) is 11.9 Å². The Bertz CT molecular complexity index is 451. The highest BCUT2D eigenvalue weighted by atomic mass is 19.1. The molecule has 20 heavy (non-hydrogen) atoms. The van der Waals surface area contributed by atoms with Gasteiger partial charge in [0, 0.05) is 38.3 Å². The Balaban J connectivity index is 1.58. The molecule has 2 saturated heterocycles. The minimum atomic E-state index is -0.199. The number of hydrogen-bond donors (Lipinski definition) is 1. The molecule has 2 N–H and O–H groups in total. The smallest absolute Gasteiger partial charge is 0.123 e. The third-order valence-corrected chi connectivity index (χ3v) is 4.65. The average Bonchev–Trinajstić information content (AvgIpc) is 2.47. The summed E-state index contributed by atoms with van der Waals surface area (Å²) in [6.45, 7) is 5.44. The number of hydrogen-bond acceptors (Lipinski definition) is 3. The third kappa shape index (κ3) is 3.19. The fraction of sp³-hybridized carbons (Fsp3) is 0.625. The molecule has 0 spiro atoms. The van der Waals surface area contributed by atoms with Crippen LogP contribution in [-0.4, -0.2) is 48.6 Å². The highest BCUT2D eigenvalue weighted by Crippen LogP contribution is 2.22. The van der Waals surface area contributed by atoms with Gasteiger partial charge in [-0.15, -0.1) is 0 Å². The molecule has 4 heteroatoms. The van der Waals surface area contributed by atoms with Gasteiger partial charge in [0.15, 0.2) is 0 Å². The van der Waals surface area contributed by atoms with E-state index < -0.39 is 0 Å². The first-order chi connectivity index (χ1) is 9.72. The summed E-state index contributed by atoms with van der Waals surface area (Å²) in [5.74, 6) is -0.199. The molecule has 2 aliphatic heterocycles. The highest BCUT2D eigenvalue weighted by molar-refractivity contribution is 5.20. The molecule has 1 aromatic rings. The van der Waals surface area contributed by atoms with Gasteiger partial charge in [-0.2, -0.15) is 0 Å². The van der Waals surface area contributed by atoms with Crippen LogP contribution in [-0.2, 0) is 0 Å². The van der Waals surface area contributed by atoms with Gasteiger partial charge in [-0.3, -0.25) is 9.80 Å². The van der Waals surface area contributed by atoms with Crippen LogP contribution in [0.15, 0.2) is 24.3 Å². The molecule has 3 nitrogen and oxygen atoms in total. The fourth-order valence-corrected chi connectivity index (χ4v) is 3.51. The summed E-state index contributed by atoms with van der Waals surface area (Å²) in [4.78, 5) is 5.07. The average molecular weight is 277 g/mol. The summed E-state index contributed by atoms with van der Waals surface area (Å²) in [6.07, 6.45) is 4.01. The number of fused-ring (bicyclic) bond motifs is 1. The Kier molecular flexibility index (Phi) is 4.34. The molecule has 3 rings (SSSR count). The second-order valence-corrected chi connectivity index (χ2v) is 6.11. The van der Waals surface area contributed by atoms with E-state index >= 15 is 0 Å². The topological polar surface area (TPSA) is 32.5 Å². The Hall–Kier alpha value is -0.970. The van der Waals surface area contributed by atoms with Crippen molar-refractivity contribution >= 4 is 0 Å². The van der Waals surface area contributed by atoms with Gasteiger partial charge >= 0.3 is 0 Å². The quantitative estimate of drug-likeness (QED) is 0.917. The zero-order chi connectivity index (χ0) is 13.9. The zero-order valence-electron chi connectivity index (χ0n) is 12.0. The first-order valence-electron chi connectivity index (χ1n) is 7.70. The number of piperidine rings is 1. The molecule has 1 aromatic carbocycles. The molecule has 0 aromatic heterocycles. The van der Waals surface area contributed by atoms with Crippen molar-refractivity contribution in [2.24, 2.45) is 5.73 Å². The van der Waals surface area contributed by atoms with E-state index in [1.165, 1.54) is 31.9 Å². The third-order valence-electron chi connectivity index (χ3n) is 4.65. The van der Waals surface area contributed by atoms with Crippen molar-refractivity contribution in [3.63, 3.8) is 0 Å². The lowest BCUT2D eigenvalue weighted by Gasteiger charge is -2.44. The number of benzene rings is 1. The maximum Gasteiger partial charge on any atom is 0.123 e. The first kappa shape index (κ1) is 14.0. The highest BCUT2D eigenvalue weighted by Gasteiger charge is 2.29. The molecule has 0 aliphatic carbocycles. The molecule has 0 radical (unpaired) electrons. The zero-order valence-corrected chi connectivity index (χ0v) is 12.0. The minimum absolute atomic E-state index is 0.0964. The second-order valence-electron chi connectivity index (χ2n) is 6.11. The lowest BCUT2D eigenvalue weighted by atomic mass is 9.98. The number of nitrogens with two attached hydrogens (primary N) is 1. The molecule has 2 fully saturated rings. The predicted molar refractivity (Wildman–Crippen MR) is 79.0 cm³/mol. The van der Waals surface area contributed by atoms with E-state index in [1.807, 2.05) is 6.07 Å². The van der Waals surface area contributed by atoms with E-state index in [1.54, 1.807) is 12.1 Å². The van der Waals surface area contributed by atoms with Crippen LogP contribution < -0.4 is 5.73 Å². The molecular weight excluding hydrogens is 253 g/mol. The van der Waals surface area contributed by atoms with E-state index in [9.17, 15) is 4.39 Å². The summed E-state index contributed by atoms with van der Waals surface area (Å²) < 4.78 is 13.3. The molecule has 2 aliphatic rings. The van der Waals surface area contributed by atoms with Crippen molar-refractivity contribution in [2.75, 3.05) is 32.7 Å². The van der Waals surface area contributed by atoms with Crippen LogP contribution in [0.5, 0.6) is 0 Å². The molecule has 0 saturated carbocycles. The Morgan fingerprint density at radius 3 is 3.00 bits per heavy atom. The minimum Gasteiger partial charge on any atom is -0.323 e. The van der Waals surface area contributed by atoms with Crippen LogP contribution in [0.3, 0.4) is 0 Å². The van der Waals surface area contributed by atoms with Crippen molar-refractivity contribution in [3.05, 3.63) is 35.6 Å². The normalized spacial score (nSPS) is 26.2. The number of rotatable bonds is 3. The lowest BCUT2D eigenvalue weighted by molar-refractivity contribution is 0.0466. The fourth-order valence-electron chi connectivity index (χ4n) is 3.51. The first-order valence-corrected chi connectivity index (χ1v) is 7.70. The van der Waals surface area contributed by atoms with Crippen molar-refractivity contribution in [2.45, 2.75) is 31.3 Å². The summed E-state index contributed by atoms with van der Waals surface area (Å²) in [5, 5.41) is 0. The van der Waals surface area contributed by atoms with Gasteiger partial charge in [0.05, 0.1) is 0 Å². The predicted octanol–water partition coefficient (Wildman–Crippen LogP) is 2.00. The van der Waals surface area contributed by atoms with E-state index in [4.69, 9.17) is 5.73 Å². The summed E-state index contributed by atoms with van der Waals surface area (Å²) in [6, 6.07) is 7.30. The maximum absolute atomic E-state index is 13.3. The van der Waals surface area contributed by atoms with Crippen molar-refractivity contribution in [3.8, 4) is 0 Å². The van der Waals surface area contributed by atoms with E-state index in [0.29, 0.717) is 6.04 Å². The lowest BCUT2D eigenvalue weighted by Crippen LogP contribution is -2.55. The van der Waals surface area contributed by atoms with Gasteiger partial charge in [-0.1, -0.05) is 18.6 Å². The summed E-state index contributed by atoms with van der Waals surface area (Å²) in [5.41, 5.74) is 7.14. The van der Waals surface area contributed by atoms with Gasteiger partial charge in [-0.05, 0) is 37.1 Å². The molecular formula is C16H24FN3. The van der Waals surface area contributed by atoms with Gasteiger partial charge < -0.3 is 5.73 Å². The summed E-state index contributed by atoms with van der Waals surface area (Å²) in [7, 11) is 0. The van der Waals surface area contributed by atoms with Crippen molar-refractivity contribution < 1.29 is 4.39 Å². The molecule has 2 atom stereocenters. The SMILES string of the molecule is NC(CN1CCN2CCCCC2C1)c1cccc(F)c1. The monoisotopic (exact) mass is 277 g/mol. The van der Waals surface area contributed by atoms with Crippen LogP contribution in [0.4, 0.5) is 4.39 Å². The molecule has 0 amide bonds. The summed E-state index contributed by atoms with van der Waals surface area (Å²) >= 11 is 0. The van der Waals surface area contributed by atoms with Crippen molar-refractivity contribution in [1.82, 2.24) is 9.80 Å². The second kappa shape index (κ2) is 6.20. The van der Waals surface area contributed by atoms with Crippen LogP contribution in [0.1, 0.15) is 30.9 Å². The van der Waals surface area contributed by atoms with Crippen LogP contribution in [0.2, 0.25) is 0 Å². The largest absolute Gasteiger partial charge is 0.323 e. The van der Waals surface area contributed by atoms with Gasteiger partial charge in [-0.25, -0.2) is 4.39 Å². The number of halogens is 1. The number of piperazine rings is 1. The number of nitrogens with zero attached hydrogens (tertiary/aromatic N) is 2. The van der Waals surface area contributed by atoms with E-state index in [2.05, 4.69) is 9.80 Å². The molecule has 2 unspecified atom stereocenters. The van der Waals surface area contributed by atoms with E-state index in [0.717, 1.165) is 31.7 Å². The molecule has 0 bridgehead atoms. The Labute approximate surface area is 120 Å². The van der Waals surface area contributed by atoms with Gasteiger partial charge in [0.25, 0.3) is 0 Å². The molecule has 110 valence electrons. The van der Waals surface area contributed by atoms with Crippen LogP contribution in [0, 0.1) is 5.82 Å². The van der Waals surface area contributed by atoms with Crippen molar-refractivity contribution in [1.29, 1.82) is 0 Å². The Morgan fingerprint density at radius 2 is 2.15 bits per heavy atom. The van der Waals surface area contributed by atoms with Gasteiger partial charge in [0.1, 0.15) is 5.82 Å². The van der Waals surface area contributed by atoms with Crippen LogP contribution in [0.25, 0.3) is 0 Å². The maximum atomic E-state index is 13.3. The van der Waals surface area contributed by atoms with Crippen LogP contribution >= 0.6 is 0 Å². The van der Waals surface area contributed by atoms with Gasteiger partial charge in [0.2, 0.25) is 0 Å². The molecule has 2 heterocycles. The Morgan fingerprint density at radius 1 is 1.25 bits per heavy atom.